The Morgan fingerprint density at radius 2 is 1.62 bits per heavy atom. The molecule has 1 saturated heterocycles. The number of piperazine rings is 1. The summed E-state index contributed by atoms with van der Waals surface area (Å²) in [5.74, 6) is -0.124. The predicted octanol–water partition coefficient (Wildman–Crippen LogP) is 4.27. The van der Waals surface area contributed by atoms with Crippen molar-refractivity contribution in [2.45, 2.75) is 52.7 Å². The molecule has 3 aromatic rings. The zero-order valence-corrected chi connectivity index (χ0v) is 29.8. The van der Waals surface area contributed by atoms with Crippen LogP contribution in [0, 0.1) is 6.92 Å². The van der Waals surface area contributed by atoms with Crippen LogP contribution in [-0.2, 0) is 27.9 Å². The van der Waals surface area contributed by atoms with E-state index in [0.29, 0.717) is 35.0 Å². The monoisotopic (exact) mass is 701 g/mol. The fourth-order valence-electron chi connectivity index (χ4n) is 5.09. The number of ether oxygens (including phenoxy) is 3. The molecule has 48 heavy (non-hydrogen) atoms. The number of aromatic nitrogens is 1. The lowest BCUT2D eigenvalue weighted by atomic mass is 10.1. The molecule has 0 unspecified atom stereocenters. The minimum atomic E-state index is -4.20. The summed E-state index contributed by atoms with van der Waals surface area (Å²) in [5, 5.41) is 1.92. The number of nitrogens with zero attached hydrogens (tertiary/aromatic N) is 4. The molecule has 15 heteroatoms. The Hall–Kier alpha value is -4.21. The maximum Gasteiger partial charge on any atom is 0.410 e. The second-order valence-corrected chi connectivity index (χ2v) is 14.9. The average molecular weight is 702 g/mol. The maximum atomic E-state index is 13.9. The molecule has 0 spiro atoms. The molecule has 2 aromatic carbocycles. The fourth-order valence-corrected chi connectivity index (χ4v) is 6.99. The quantitative estimate of drug-likeness (QED) is 0.292. The molecule has 0 aliphatic carbocycles. The molecule has 13 nitrogen and oxygen atoms in total. The summed E-state index contributed by atoms with van der Waals surface area (Å²) in [4.78, 5) is 46.7. The Bertz CT molecular complexity index is 1670. The molecule has 1 fully saturated rings. The summed E-state index contributed by atoms with van der Waals surface area (Å²) in [6.45, 7) is 7.85. The van der Waals surface area contributed by atoms with Gasteiger partial charge in [0.1, 0.15) is 27.8 Å². The van der Waals surface area contributed by atoms with Gasteiger partial charge >= 0.3 is 16.3 Å². The number of carbonyl (C=O) groups is 3. The van der Waals surface area contributed by atoms with Crippen molar-refractivity contribution in [1.82, 2.24) is 23.8 Å². The Morgan fingerprint density at radius 3 is 2.21 bits per heavy atom. The van der Waals surface area contributed by atoms with Crippen LogP contribution in [0.3, 0.4) is 0 Å². The van der Waals surface area contributed by atoms with Gasteiger partial charge in [-0.1, -0.05) is 30.3 Å². The summed E-state index contributed by atoms with van der Waals surface area (Å²) < 4.78 is 45.6. The molecule has 1 aromatic heterocycles. The van der Waals surface area contributed by atoms with E-state index in [2.05, 4.69) is 9.71 Å². The third-order valence-electron chi connectivity index (χ3n) is 7.59. The second-order valence-electron chi connectivity index (χ2n) is 12.3. The van der Waals surface area contributed by atoms with Gasteiger partial charge in [0.15, 0.2) is 0 Å². The van der Waals surface area contributed by atoms with Crippen molar-refractivity contribution in [1.29, 1.82) is 0 Å². The van der Waals surface area contributed by atoms with E-state index in [1.54, 1.807) is 37.8 Å². The van der Waals surface area contributed by atoms with Crippen molar-refractivity contribution in [3.63, 3.8) is 0 Å². The first-order valence-corrected chi connectivity index (χ1v) is 17.8. The molecule has 3 amide bonds. The Morgan fingerprint density at radius 1 is 1.00 bits per heavy atom. The van der Waals surface area contributed by atoms with Gasteiger partial charge in [0.25, 0.3) is 11.8 Å². The molecule has 0 radical (unpaired) electrons. The molecule has 0 saturated carbocycles. The largest absolute Gasteiger partial charge is 0.496 e. The lowest BCUT2D eigenvalue weighted by Crippen LogP contribution is -2.54. The van der Waals surface area contributed by atoms with Crippen LogP contribution in [0.25, 0.3) is 0 Å². The normalized spacial score (nSPS) is 13.9. The number of thiazole rings is 1. The molecule has 260 valence electrons. The van der Waals surface area contributed by atoms with E-state index in [0.717, 1.165) is 33.2 Å². The van der Waals surface area contributed by atoms with E-state index in [4.69, 9.17) is 14.2 Å². The van der Waals surface area contributed by atoms with Gasteiger partial charge in [-0.2, -0.15) is 12.7 Å². The molecular formula is C33H43N5O8S2. The van der Waals surface area contributed by atoms with Crippen LogP contribution >= 0.6 is 11.3 Å². The van der Waals surface area contributed by atoms with E-state index in [1.165, 1.54) is 24.5 Å². The zero-order chi connectivity index (χ0) is 35.1. The fraction of sp³-hybridized carbons (Fsp3) is 0.455. The third-order valence-corrected chi connectivity index (χ3v) is 9.91. The van der Waals surface area contributed by atoms with Gasteiger partial charge in [-0.15, -0.1) is 11.3 Å². The maximum absolute atomic E-state index is 13.9. The van der Waals surface area contributed by atoms with Gasteiger partial charge in [0.05, 0.1) is 20.8 Å². The van der Waals surface area contributed by atoms with Crippen molar-refractivity contribution in [3.8, 4) is 11.5 Å². The smallest absolute Gasteiger partial charge is 0.410 e. The lowest BCUT2D eigenvalue weighted by Gasteiger charge is -2.34. The van der Waals surface area contributed by atoms with Gasteiger partial charge in [0.2, 0.25) is 0 Å². The predicted molar refractivity (Wildman–Crippen MR) is 182 cm³/mol. The van der Waals surface area contributed by atoms with Gasteiger partial charge in [0, 0.05) is 49.2 Å². The van der Waals surface area contributed by atoms with Crippen LogP contribution in [0.4, 0.5) is 4.79 Å². The van der Waals surface area contributed by atoms with Crippen molar-refractivity contribution < 1.29 is 37.0 Å². The van der Waals surface area contributed by atoms with Crippen molar-refractivity contribution in [2.75, 3.05) is 46.9 Å². The summed E-state index contributed by atoms with van der Waals surface area (Å²) in [7, 11) is -1.15. The minimum absolute atomic E-state index is 0.00118. The highest BCUT2D eigenvalue weighted by Crippen LogP contribution is 2.30. The average Bonchev–Trinajstić information content (AvgIpc) is 3.52. The van der Waals surface area contributed by atoms with E-state index < -0.39 is 27.8 Å². The Kier molecular flexibility index (Phi) is 12.0. The summed E-state index contributed by atoms with van der Waals surface area (Å²) in [6, 6.07) is 13.3. The van der Waals surface area contributed by atoms with Crippen LogP contribution in [-0.4, -0.2) is 98.0 Å². The van der Waals surface area contributed by atoms with Crippen LogP contribution in [0.15, 0.2) is 47.8 Å². The number of methoxy groups -OCH3 is 2. The Balaban J connectivity index is 1.44. The van der Waals surface area contributed by atoms with Gasteiger partial charge in [-0.25, -0.2) is 14.5 Å². The second kappa shape index (κ2) is 15.8. The number of nitrogens with one attached hydrogen (secondary N) is 1. The summed E-state index contributed by atoms with van der Waals surface area (Å²) in [5.41, 5.74) is 1.53. The van der Waals surface area contributed by atoms with Crippen LogP contribution in [0.2, 0.25) is 0 Å². The van der Waals surface area contributed by atoms with Crippen molar-refractivity contribution >= 4 is 39.5 Å². The molecule has 1 aliphatic rings. The number of hydrogen-bond acceptors (Lipinski definition) is 10. The molecule has 1 N–H and O–H groups in total. The third kappa shape index (κ3) is 9.67. The molecule has 2 heterocycles. The first-order chi connectivity index (χ1) is 22.7. The summed E-state index contributed by atoms with van der Waals surface area (Å²) >= 11 is 1.15. The van der Waals surface area contributed by atoms with Gasteiger partial charge < -0.3 is 24.0 Å². The SMILES string of the molecule is COc1cc(C(=O)N(CCCc2ccccc2)Cc2nc(C(=O)NS(=O)(=O)N3CCN(C(=O)OC(C)(C)C)CC3)cs2)cc(OC)c1C. The zero-order valence-electron chi connectivity index (χ0n) is 28.1. The van der Waals surface area contributed by atoms with Gasteiger partial charge in [-0.05, 0) is 58.2 Å². The number of amides is 3. The minimum Gasteiger partial charge on any atom is -0.496 e. The number of carbonyl (C=O) groups excluding carboxylic acids is 3. The highest BCUT2D eigenvalue weighted by Gasteiger charge is 2.32. The summed E-state index contributed by atoms with van der Waals surface area (Å²) in [6.07, 6.45) is 0.904. The topological polar surface area (TPSA) is 148 Å². The molecule has 4 rings (SSSR count). The lowest BCUT2D eigenvalue weighted by molar-refractivity contribution is 0.0191. The van der Waals surface area contributed by atoms with E-state index in [-0.39, 0.29) is 44.3 Å². The number of hydrogen-bond donors (Lipinski definition) is 1. The van der Waals surface area contributed by atoms with Crippen molar-refractivity contribution in [3.05, 3.63) is 75.2 Å². The highest BCUT2D eigenvalue weighted by atomic mass is 32.2. The number of rotatable bonds is 12. The van der Waals surface area contributed by atoms with E-state index in [1.807, 2.05) is 37.3 Å². The van der Waals surface area contributed by atoms with E-state index >= 15 is 0 Å². The standard InChI is InChI=1S/C33H43N5O8S2/c1-23-27(44-5)19-25(20-28(23)45-6)31(40)37(14-10-13-24-11-8-7-9-12-24)21-29-34-26(22-47-29)30(39)35-48(42,43)38-17-15-36(16-18-38)32(41)46-33(2,3)4/h7-9,11-12,19-20,22H,10,13-18,21H2,1-6H3,(H,35,39). The molecule has 1 aliphatic heterocycles. The van der Waals surface area contributed by atoms with Crippen LogP contribution < -0.4 is 14.2 Å². The van der Waals surface area contributed by atoms with Gasteiger partial charge in [-0.3, -0.25) is 9.59 Å². The first-order valence-electron chi connectivity index (χ1n) is 15.5. The highest BCUT2D eigenvalue weighted by molar-refractivity contribution is 7.87. The number of aryl methyl sites for hydroxylation is 1. The van der Waals surface area contributed by atoms with Crippen LogP contribution in [0.5, 0.6) is 11.5 Å². The Labute approximate surface area is 286 Å². The van der Waals surface area contributed by atoms with Crippen LogP contribution in [0.1, 0.15) is 64.2 Å². The first kappa shape index (κ1) is 36.6. The van der Waals surface area contributed by atoms with Crippen molar-refractivity contribution in [2.24, 2.45) is 0 Å². The molecule has 0 atom stereocenters. The molecule has 0 bridgehead atoms. The van der Waals surface area contributed by atoms with E-state index in [9.17, 15) is 22.8 Å². The number of benzene rings is 2. The molecular weight excluding hydrogens is 659 g/mol.